The van der Waals surface area contributed by atoms with Crippen LogP contribution in [0, 0.1) is 5.82 Å². The van der Waals surface area contributed by atoms with Crippen LogP contribution in [0.4, 0.5) is 4.39 Å². The Morgan fingerprint density at radius 2 is 2.08 bits per heavy atom. The zero-order chi connectivity index (χ0) is 17.6. The predicted octanol–water partition coefficient (Wildman–Crippen LogP) is 3.02. The summed E-state index contributed by atoms with van der Waals surface area (Å²) in [6.45, 7) is 4.88. The third-order valence-electron chi connectivity index (χ3n) is 4.92. The molecule has 0 saturated carbocycles. The largest absolute Gasteiger partial charge is 0.356 e. The number of amides is 1. The summed E-state index contributed by atoms with van der Waals surface area (Å²) in [5, 5.41) is 2.97. The summed E-state index contributed by atoms with van der Waals surface area (Å²) in [7, 11) is 0. The second-order valence-corrected chi connectivity index (χ2v) is 6.95. The lowest BCUT2D eigenvalue weighted by Crippen LogP contribution is -2.38. The topological polar surface area (TPSA) is 61.0 Å². The summed E-state index contributed by atoms with van der Waals surface area (Å²) in [6.07, 6.45) is 6.22. The zero-order valence-electron chi connectivity index (χ0n) is 14.9. The normalized spacial score (nSPS) is 17.4. The Labute approximate surface area is 148 Å². The molecule has 0 aliphatic carbocycles. The maximum absolute atomic E-state index is 13.2. The minimum atomic E-state index is -0.279. The van der Waals surface area contributed by atoms with Gasteiger partial charge in [0.2, 0.25) is 5.91 Å². The third kappa shape index (κ3) is 5.01. The zero-order valence-corrected chi connectivity index (χ0v) is 14.9. The maximum Gasteiger partial charge on any atom is 0.221 e. The van der Waals surface area contributed by atoms with Gasteiger partial charge in [-0.1, -0.05) is 12.8 Å². The first-order chi connectivity index (χ1) is 12.1. The van der Waals surface area contributed by atoms with Crippen LogP contribution in [0.25, 0.3) is 11.0 Å². The van der Waals surface area contributed by atoms with E-state index in [0.29, 0.717) is 24.9 Å². The van der Waals surface area contributed by atoms with E-state index < -0.39 is 0 Å². The molecule has 2 N–H and O–H groups in total. The molecule has 5 nitrogen and oxygen atoms in total. The van der Waals surface area contributed by atoms with E-state index in [2.05, 4.69) is 27.1 Å². The van der Waals surface area contributed by atoms with Gasteiger partial charge in [0, 0.05) is 25.4 Å². The number of hydrogen-bond donors (Lipinski definition) is 2. The van der Waals surface area contributed by atoms with Gasteiger partial charge in [-0.2, -0.15) is 0 Å². The molecule has 1 atom stereocenters. The molecule has 6 heteroatoms. The molecule has 0 spiro atoms. The average molecular weight is 346 g/mol. The first-order valence-corrected chi connectivity index (χ1v) is 9.27. The lowest BCUT2D eigenvalue weighted by atomic mass is 10.2. The number of H-pyrrole nitrogens is 1. The van der Waals surface area contributed by atoms with Gasteiger partial charge < -0.3 is 15.2 Å². The van der Waals surface area contributed by atoms with Gasteiger partial charge in [-0.15, -0.1) is 0 Å². The molecule has 1 fully saturated rings. The Morgan fingerprint density at radius 1 is 1.32 bits per heavy atom. The molecule has 1 aliphatic rings. The number of fused-ring (bicyclic) bond motifs is 1. The van der Waals surface area contributed by atoms with Crippen LogP contribution in [0.3, 0.4) is 0 Å². The number of halogens is 1. The number of hydrogen-bond acceptors (Lipinski definition) is 3. The van der Waals surface area contributed by atoms with Crippen LogP contribution in [0.5, 0.6) is 0 Å². The van der Waals surface area contributed by atoms with Gasteiger partial charge in [0.15, 0.2) is 0 Å². The van der Waals surface area contributed by atoms with Crippen molar-refractivity contribution in [2.45, 2.75) is 51.5 Å². The predicted molar refractivity (Wildman–Crippen MR) is 96.9 cm³/mol. The fourth-order valence-corrected chi connectivity index (χ4v) is 3.48. The fraction of sp³-hybridized carbons (Fsp3) is 0.579. The van der Waals surface area contributed by atoms with Crippen molar-refractivity contribution >= 4 is 16.9 Å². The number of likely N-dealkylation sites (tertiary alicyclic amines) is 1. The molecule has 0 unspecified atom stereocenters. The SMILES string of the molecule is C[C@@H](CC(=O)NCCc1nc2ccc(F)cc2[nH]1)N1CCCCCC1. The minimum Gasteiger partial charge on any atom is -0.356 e. The van der Waals surface area contributed by atoms with Crippen molar-refractivity contribution in [2.75, 3.05) is 19.6 Å². The molecule has 1 aromatic heterocycles. The number of benzene rings is 1. The summed E-state index contributed by atoms with van der Waals surface area (Å²) < 4.78 is 13.2. The number of aromatic nitrogens is 2. The van der Waals surface area contributed by atoms with Crippen LogP contribution in [-0.4, -0.2) is 46.5 Å². The van der Waals surface area contributed by atoms with Gasteiger partial charge in [0.05, 0.1) is 11.0 Å². The standard InChI is InChI=1S/C19H27FN4O/c1-14(24-10-4-2-3-5-11-24)12-19(25)21-9-8-18-22-16-7-6-15(20)13-17(16)23-18/h6-7,13-14H,2-5,8-12H2,1H3,(H,21,25)(H,22,23)/t14-/m0/s1. The molecule has 1 aromatic carbocycles. The lowest BCUT2D eigenvalue weighted by Gasteiger charge is -2.27. The van der Waals surface area contributed by atoms with Crippen LogP contribution in [-0.2, 0) is 11.2 Å². The number of imidazole rings is 1. The molecular weight excluding hydrogens is 319 g/mol. The average Bonchev–Trinajstić information content (AvgIpc) is 2.79. The maximum atomic E-state index is 13.2. The number of nitrogens with zero attached hydrogens (tertiary/aromatic N) is 2. The summed E-state index contributed by atoms with van der Waals surface area (Å²) in [5.41, 5.74) is 1.44. The van der Waals surface area contributed by atoms with Gasteiger partial charge in [0.1, 0.15) is 11.6 Å². The molecule has 0 bridgehead atoms. The number of carbonyl (C=O) groups is 1. The minimum absolute atomic E-state index is 0.0823. The van der Waals surface area contributed by atoms with Gasteiger partial charge in [0.25, 0.3) is 0 Å². The van der Waals surface area contributed by atoms with E-state index in [1.165, 1.54) is 37.8 Å². The summed E-state index contributed by atoms with van der Waals surface area (Å²) in [6, 6.07) is 4.78. The summed E-state index contributed by atoms with van der Waals surface area (Å²) >= 11 is 0. The molecule has 1 saturated heterocycles. The fourth-order valence-electron chi connectivity index (χ4n) is 3.48. The molecule has 136 valence electrons. The Balaban J connectivity index is 1.43. The van der Waals surface area contributed by atoms with Crippen molar-refractivity contribution in [3.63, 3.8) is 0 Å². The highest BCUT2D eigenvalue weighted by molar-refractivity contribution is 5.76. The van der Waals surface area contributed by atoms with E-state index in [4.69, 9.17) is 0 Å². The van der Waals surface area contributed by atoms with Gasteiger partial charge >= 0.3 is 0 Å². The molecule has 1 aliphatic heterocycles. The van der Waals surface area contributed by atoms with Gasteiger partial charge in [-0.05, 0) is 51.1 Å². The molecule has 3 rings (SSSR count). The Morgan fingerprint density at radius 3 is 2.84 bits per heavy atom. The highest BCUT2D eigenvalue weighted by Gasteiger charge is 2.18. The second-order valence-electron chi connectivity index (χ2n) is 6.95. The Hall–Kier alpha value is -1.95. The third-order valence-corrected chi connectivity index (χ3v) is 4.92. The molecule has 0 radical (unpaired) electrons. The summed E-state index contributed by atoms with van der Waals surface area (Å²) in [4.78, 5) is 22.1. The van der Waals surface area contributed by atoms with E-state index in [1.54, 1.807) is 6.07 Å². The number of aromatic amines is 1. The molecule has 2 heterocycles. The van der Waals surface area contributed by atoms with Gasteiger partial charge in [-0.25, -0.2) is 9.37 Å². The van der Waals surface area contributed by atoms with Crippen molar-refractivity contribution < 1.29 is 9.18 Å². The first-order valence-electron chi connectivity index (χ1n) is 9.27. The highest BCUT2D eigenvalue weighted by atomic mass is 19.1. The van der Waals surface area contributed by atoms with Crippen molar-refractivity contribution in [3.8, 4) is 0 Å². The van der Waals surface area contributed by atoms with Crippen LogP contribution in [0.15, 0.2) is 18.2 Å². The quantitative estimate of drug-likeness (QED) is 0.845. The van der Waals surface area contributed by atoms with Crippen molar-refractivity contribution in [1.82, 2.24) is 20.2 Å². The number of nitrogens with one attached hydrogen (secondary N) is 2. The van der Waals surface area contributed by atoms with E-state index in [9.17, 15) is 9.18 Å². The Kier molecular flexibility index (Phi) is 6.02. The van der Waals surface area contributed by atoms with Crippen LogP contribution < -0.4 is 5.32 Å². The van der Waals surface area contributed by atoms with Crippen LogP contribution >= 0.6 is 0 Å². The van der Waals surface area contributed by atoms with Gasteiger partial charge in [-0.3, -0.25) is 4.79 Å². The molecular formula is C19H27FN4O. The van der Waals surface area contributed by atoms with E-state index in [1.807, 2.05) is 0 Å². The van der Waals surface area contributed by atoms with Crippen LogP contribution in [0.2, 0.25) is 0 Å². The second kappa shape index (κ2) is 8.43. The monoisotopic (exact) mass is 346 g/mol. The molecule has 1 amide bonds. The smallest absolute Gasteiger partial charge is 0.221 e. The van der Waals surface area contributed by atoms with Crippen LogP contribution in [0.1, 0.15) is 44.9 Å². The van der Waals surface area contributed by atoms with Crippen molar-refractivity contribution in [3.05, 3.63) is 29.8 Å². The number of carbonyl (C=O) groups excluding carboxylic acids is 1. The van der Waals surface area contributed by atoms with E-state index >= 15 is 0 Å². The molecule has 25 heavy (non-hydrogen) atoms. The van der Waals surface area contributed by atoms with E-state index in [0.717, 1.165) is 24.4 Å². The first kappa shape index (κ1) is 17.9. The molecule has 2 aromatic rings. The lowest BCUT2D eigenvalue weighted by molar-refractivity contribution is -0.122. The van der Waals surface area contributed by atoms with Crippen molar-refractivity contribution in [1.29, 1.82) is 0 Å². The van der Waals surface area contributed by atoms with E-state index in [-0.39, 0.29) is 17.8 Å². The summed E-state index contributed by atoms with van der Waals surface area (Å²) in [5.74, 6) is 0.568. The highest BCUT2D eigenvalue weighted by Crippen LogP contribution is 2.15. The Bertz CT molecular complexity index is 707. The van der Waals surface area contributed by atoms with Crippen molar-refractivity contribution in [2.24, 2.45) is 0 Å². The number of rotatable bonds is 6.